The van der Waals surface area contributed by atoms with E-state index >= 15 is 0 Å². The van der Waals surface area contributed by atoms with E-state index in [9.17, 15) is 5.26 Å². The fourth-order valence-electron chi connectivity index (χ4n) is 2.38. The number of benzene rings is 2. The monoisotopic (exact) mass is 249 g/mol. The van der Waals surface area contributed by atoms with Gasteiger partial charge in [-0.2, -0.15) is 5.26 Å². The highest BCUT2D eigenvalue weighted by atomic mass is 14.3. The van der Waals surface area contributed by atoms with Gasteiger partial charge in [-0.1, -0.05) is 54.1 Å². The van der Waals surface area contributed by atoms with E-state index in [0.29, 0.717) is 0 Å². The Morgan fingerprint density at radius 3 is 2.47 bits per heavy atom. The van der Waals surface area contributed by atoms with Crippen molar-refractivity contribution in [2.45, 2.75) is 32.6 Å². The van der Waals surface area contributed by atoms with E-state index in [-0.39, 0.29) is 5.92 Å². The van der Waals surface area contributed by atoms with Crippen molar-refractivity contribution in [1.82, 2.24) is 0 Å². The third-order valence-corrected chi connectivity index (χ3v) is 3.53. The minimum Gasteiger partial charge on any atom is -0.198 e. The summed E-state index contributed by atoms with van der Waals surface area (Å²) >= 11 is 0. The normalized spacial score (nSPS) is 11.8. The van der Waals surface area contributed by atoms with Crippen LogP contribution in [0.15, 0.2) is 48.5 Å². The van der Waals surface area contributed by atoms with Crippen molar-refractivity contribution in [3.8, 4) is 6.07 Å². The van der Waals surface area contributed by atoms with Gasteiger partial charge < -0.3 is 0 Å². The molecule has 1 nitrogen and oxygen atoms in total. The van der Waals surface area contributed by atoms with Crippen LogP contribution in [0, 0.1) is 25.2 Å². The van der Waals surface area contributed by atoms with Gasteiger partial charge in [0.1, 0.15) is 0 Å². The minimum atomic E-state index is -0.0138. The van der Waals surface area contributed by atoms with E-state index in [1.54, 1.807) is 0 Å². The first-order chi connectivity index (χ1) is 9.20. The minimum absolute atomic E-state index is 0.0138. The maximum absolute atomic E-state index is 9.42. The lowest BCUT2D eigenvalue weighted by Gasteiger charge is -2.13. The summed E-state index contributed by atoms with van der Waals surface area (Å²) in [6, 6.07) is 19.2. The van der Waals surface area contributed by atoms with Crippen LogP contribution in [0.5, 0.6) is 0 Å². The van der Waals surface area contributed by atoms with E-state index in [1.165, 1.54) is 22.3 Å². The van der Waals surface area contributed by atoms with Crippen LogP contribution in [-0.4, -0.2) is 0 Å². The van der Waals surface area contributed by atoms with Gasteiger partial charge in [-0.25, -0.2) is 0 Å². The third-order valence-electron chi connectivity index (χ3n) is 3.53. The zero-order valence-electron chi connectivity index (χ0n) is 11.6. The standard InChI is InChI=1S/C18H19N/c1-14-8-9-15(2)18(12-14)17(13-19)11-10-16-6-4-3-5-7-16/h3-9,12,17H,10-11H2,1-2H3. The Morgan fingerprint density at radius 2 is 1.79 bits per heavy atom. The Kier molecular flexibility index (Phi) is 4.36. The summed E-state index contributed by atoms with van der Waals surface area (Å²) in [5.41, 5.74) is 4.91. The molecule has 0 heterocycles. The fourth-order valence-corrected chi connectivity index (χ4v) is 2.38. The summed E-state index contributed by atoms with van der Waals surface area (Å²) in [5.74, 6) is -0.0138. The van der Waals surface area contributed by atoms with Crippen LogP contribution in [0.25, 0.3) is 0 Å². The highest BCUT2D eigenvalue weighted by molar-refractivity contribution is 5.36. The number of rotatable bonds is 4. The smallest absolute Gasteiger partial charge is 0.0718 e. The molecule has 0 N–H and O–H groups in total. The fraction of sp³-hybridized carbons (Fsp3) is 0.278. The predicted octanol–water partition coefficient (Wildman–Crippen LogP) is 4.54. The summed E-state index contributed by atoms with van der Waals surface area (Å²) in [6.45, 7) is 4.16. The molecular formula is C18H19N. The molecule has 0 saturated heterocycles. The molecule has 1 atom stereocenters. The Balaban J connectivity index is 2.13. The summed E-state index contributed by atoms with van der Waals surface area (Å²) < 4.78 is 0. The molecule has 0 aliphatic rings. The number of aryl methyl sites for hydroxylation is 3. The second-order valence-electron chi connectivity index (χ2n) is 5.07. The highest BCUT2D eigenvalue weighted by Gasteiger charge is 2.13. The first-order valence-electron chi connectivity index (χ1n) is 6.71. The van der Waals surface area contributed by atoms with Gasteiger partial charge in [0, 0.05) is 0 Å². The van der Waals surface area contributed by atoms with Crippen molar-refractivity contribution < 1.29 is 0 Å². The van der Waals surface area contributed by atoms with Crippen LogP contribution in [-0.2, 0) is 6.42 Å². The van der Waals surface area contributed by atoms with Crippen molar-refractivity contribution in [3.05, 3.63) is 70.8 Å². The number of hydrogen-bond acceptors (Lipinski definition) is 1. The average molecular weight is 249 g/mol. The van der Waals surface area contributed by atoms with Gasteiger partial charge >= 0.3 is 0 Å². The van der Waals surface area contributed by atoms with Gasteiger partial charge in [0.05, 0.1) is 12.0 Å². The van der Waals surface area contributed by atoms with E-state index in [4.69, 9.17) is 0 Å². The maximum atomic E-state index is 9.42. The summed E-state index contributed by atoms with van der Waals surface area (Å²) in [7, 11) is 0. The lowest BCUT2D eigenvalue weighted by atomic mass is 9.89. The number of hydrogen-bond donors (Lipinski definition) is 0. The number of nitrogens with zero attached hydrogens (tertiary/aromatic N) is 1. The van der Waals surface area contributed by atoms with Gasteiger partial charge in [-0.15, -0.1) is 0 Å². The zero-order valence-corrected chi connectivity index (χ0v) is 11.6. The Bertz CT molecular complexity index is 578. The molecule has 0 aliphatic heterocycles. The molecule has 0 aliphatic carbocycles. The molecule has 2 aromatic carbocycles. The summed E-state index contributed by atoms with van der Waals surface area (Å²) in [4.78, 5) is 0. The van der Waals surface area contributed by atoms with Crippen LogP contribution in [0.2, 0.25) is 0 Å². The van der Waals surface area contributed by atoms with E-state index in [1.807, 2.05) is 6.07 Å². The summed E-state index contributed by atoms with van der Waals surface area (Å²) in [5, 5.41) is 9.42. The molecule has 96 valence electrons. The van der Waals surface area contributed by atoms with E-state index in [2.05, 4.69) is 62.4 Å². The molecular weight excluding hydrogens is 230 g/mol. The molecule has 0 amide bonds. The zero-order chi connectivity index (χ0) is 13.7. The topological polar surface area (TPSA) is 23.8 Å². The molecule has 2 aromatic rings. The first-order valence-corrected chi connectivity index (χ1v) is 6.71. The quantitative estimate of drug-likeness (QED) is 0.780. The Labute approximate surface area is 115 Å². The van der Waals surface area contributed by atoms with Crippen LogP contribution in [0.4, 0.5) is 0 Å². The lowest BCUT2D eigenvalue weighted by molar-refractivity contribution is 0.741. The van der Waals surface area contributed by atoms with Crippen molar-refractivity contribution in [2.75, 3.05) is 0 Å². The molecule has 1 unspecified atom stereocenters. The molecule has 0 aromatic heterocycles. The van der Waals surface area contributed by atoms with Crippen LogP contribution < -0.4 is 0 Å². The van der Waals surface area contributed by atoms with Crippen molar-refractivity contribution >= 4 is 0 Å². The SMILES string of the molecule is Cc1ccc(C)c(C(C#N)CCc2ccccc2)c1. The second-order valence-corrected chi connectivity index (χ2v) is 5.07. The number of nitriles is 1. The highest BCUT2D eigenvalue weighted by Crippen LogP contribution is 2.25. The van der Waals surface area contributed by atoms with Crippen molar-refractivity contribution in [2.24, 2.45) is 0 Å². The summed E-state index contributed by atoms with van der Waals surface area (Å²) in [6.07, 6.45) is 1.83. The largest absolute Gasteiger partial charge is 0.198 e. The van der Waals surface area contributed by atoms with E-state index < -0.39 is 0 Å². The second kappa shape index (κ2) is 6.20. The Hall–Kier alpha value is -2.07. The molecule has 2 rings (SSSR count). The lowest BCUT2D eigenvalue weighted by Crippen LogP contribution is -2.01. The third kappa shape index (κ3) is 3.45. The molecule has 0 spiro atoms. The van der Waals surface area contributed by atoms with Gasteiger partial charge in [-0.3, -0.25) is 0 Å². The van der Waals surface area contributed by atoms with Crippen molar-refractivity contribution in [3.63, 3.8) is 0 Å². The van der Waals surface area contributed by atoms with Crippen molar-refractivity contribution in [1.29, 1.82) is 5.26 Å². The van der Waals surface area contributed by atoms with Gasteiger partial charge in [0.25, 0.3) is 0 Å². The van der Waals surface area contributed by atoms with Gasteiger partial charge in [0.15, 0.2) is 0 Å². The molecule has 0 fully saturated rings. The average Bonchev–Trinajstić information content (AvgIpc) is 2.44. The molecule has 0 radical (unpaired) electrons. The molecule has 0 saturated carbocycles. The van der Waals surface area contributed by atoms with Crippen LogP contribution in [0.1, 0.15) is 34.6 Å². The van der Waals surface area contributed by atoms with Gasteiger partial charge in [-0.05, 0) is 43.4 Å². The molecule has 0 bridgehead atoms. The van der Waals surface area contributed by atoms with Gasteiger partial charge in [0.2, 0.25) is 0 Å². The van der Waals surface area contributed by atoms with Crippen LogP contribution >= 0.6 is 0 Å². The van der Waals surface area contributed by atoms with Crippen LogP contribution in [0.3, 0.4) is 0 Å². The van der Waals surface area contributed by atoms with E-state index in [0.717, 1.165) is 12.8 Å². The molecule has 1 heteroatoms. The maximum Gasteiger partial charge on any atom is 0.0718 e. The Morgan fingerprint density at radius 1 is 1.05 bits per heavy atom. The first kappa shape index (κ1) is 13.4. The molecule has 19 heavy (non-hydrogen) atoms. The predicted molar refractivity (Wildman–Crippen MR) is 79.0 cm³/mol.